The summed E-state index contributed by atoms with van der Waals surface area (Å²) in [6.45, 7) is 4.31. The molecule has 0 spiro atoms. The van der Waals surface area contributed by atoms with Crippen LogP contribution in [0.25, 0.3) is 10.9 Å². The molecule has 1 aromatic carbocycles. The molecule has 2 heteroatoms. The number of fused-ring (bicyclic) bond motifs is 1. The minimum Gasteiger partial charge on any atom is -0.361 e. The van der Waals surface area contributed by atoms with Crippen molar-refractivity contribution in [3.8, 4) is 0 Å². The zero-order chi connectivity index (χ0) is 8.81. The van der Waals surface area contributed by atoms with Crippen LogP contribution in [0.3, 0.4) is 0 Å². The number of hydrogen-bond donors (Lipinski definition) is 1. The largest absolute Gasteiger partial charge is 0.361 e. The van der Waals surface area contributed by atoms with Crippen LogP contribution < -0.4 is 0 Å². The molecule has 0 amide bonds. The number of para-hydroxylation sites is 1. The van der Waals surface area contributed by atoms with Gasteiger partial charge in [0.05, 0.1) is 0 Å². The van der Waals surface area contributed by atoms with Gasteiger partial charge in [-0.15, -0.1) is 8.58 Å². The summed E-state index contributed by atoms with van der Waals surface area (Å²) < 4.78 is 0. The smallest absolute Gasteiger partial charge is 0.0453 e. The molecule has 64 valence electrons. The third-order valence-electron chi connectivity index (χ3n) is 1.46. The molecule has 1 heterocycles. The van der Waals surface area contributed by atoms with Crippen LogP contribution in [0, 0.1) is 0 Å². The van der Waals surface area contributed by atoms with E-state index in [2.05, 4.69) is 36.5 Å². The summed E-state index contributed by atoms with van der Waals surface area (Å²) in [5.41, 5.74) is 1.21. The highest BCUT2D eigenvalue weighted by Crippen LogP contribution is 2.09. The Morgan fingerprint density at radius 3 is 2.42 bits per heavy atom. The Morgan fingerprint density at radius 2 is 1.75 bits per heavy atom. The molecule has 2 aromatic rings. The molecule has 0 aliphatic heterocycles. The third kappa shape index (κ3) is 2.35. The maximum absolute atomic E-state index is 3.12. The van der Waals surface area contributed by atoms with Gasteiger partial charge in [0.2, 0.25) is 0 Å². The van der Waals surface area contributed by atoms with Gasteiger partial charge in [-0.3, -0.25) is 0 Å². The van der Waals surface area contributed by atoms with Crippen molar-refractivity contribution in [3.05, 3.63) is 36.5 Å². The van der Waals surface area contributed by atoms with E-state index in [1.807, 2.05) is 18.3 Å². The van der Waals surface area contributed by atoms with Crippen molar-refractivity contribution in [1.82, 2.24) is 4.98 Å². The molecule has 0 saturated heterocycles. The van der Waals surface area contributed by atoms with Gasteiger partial charge in [-0.2, -0.15) is 0 Å². The number of nitrogens with one attached hydrogen (secondary N) is 1. The van der Waals surface area contributed by atoms with E-state index in [4.69, 9.17) is 0 Å². The summed E-state index contributed by atoms with van der Waals surface area (Å²) >= 11 is 0. The molecular formula is C10H14NP. The van der Waals surface area contributed by atoms with Crippen LogP contribution in [-0.4, -0.2) is 18.3 Å². The Morgan fingerprint density at radius 1 is 1.08 bits per heavy atom. The quantitative estimate of drug-likeness (QED) is 0.598. The van der Waals surface area contributed by atoms with E-state index < -0.39 is 0 Å². The minimum atomic E-state index is 1.08. The van der Waals surface area contributed by atoms with E-state index in [9.17, 15) is 0 Å². The Balaban J connectivity index is 0.000000213. The van der Waals surface area contributed by atoms with Crippen LogP contribution in [0.4, 0.5) is 0 Å². The average Bonchev–Trinajstić information content (AvgIpc) is 2.52. The second kappa shape index (κ2) is 4.95. The molecule has 1 aromatic heterocycles. The second-order valence-electron chi connectivity index (χ2n) is 2.56. The normalized spacial score (nSPS) is 9.17. The third-order valence-corrected chi connectivity index (χ3v) is 1.46. The van der Waals surface area contributed by atoms with Gasteiger partial charge < -0.3 is 4.98 Å². The molecule has 0 fully saturated rings. The minimum absolute atomic E-state index is 1.08. The number of hydrogen-bond acceptors (Lipinski definition) is 0. The lowest BCUT2D eigenvalue weighted by Gasteiger charge is -1.83. The van der Waals surface area contributed by atoms with Gasteiger partial charge in [-0.05, 0) is 30.8 Å². The molecule has 2 rings (SSSR count). The number of benzene rings is 1. The van der Waals surface area contributed by atoms with Crippen LogP contribution >= 0.6 is 8.58 Å². The highest BCUT2D eigenvalue weighted by molar-refractivity contribution is 7.35. The number of H-pyrrole nitrogens is 1. The highest BCUT2D eigenvalue weighted by atomic mass is 31.1. The summed E-state index contributed by atoms with van der Waals surface area (Å²) in [6, 6.07) is 10.3. The van der Waals surface area contributed by atoms with Crippen LogP contribution in [-0.2, 0) is 0 Å². The first-order valence-electron chi connectivity index (χ1n) is 3.99. The fourth-order valence-electron chi connectivity index (χ4n) is 0.995. The Labute approximate surface area is 75.0 Å². The SMILES string of the molecule is CPC.c1ccc2[nH]ccc2c1. The average molecular weight is 179 g/mol. The monoisotopic (exact) mass is 179 g/mol. The van der Waals surface area contributed by atoms with E-state index in [1.54, 1.807) is 0 Å². The summed E-state index contributed by atoms with van der Waals surface area (Å²) in [7, 11) is 1.08. The van der Waals surface area contributed by atoms with Gasteiger partial charge in [0.25, 0.3) is 0 Å². The van der Waals surface area contributed by atoms with Crippen LogP contribution in [0.1, 0.15) is 0 Å². The van der Waals surface area contributed by atoms with Crippen molar-refractivity contribution >= 4 is 19.5 Å². The van der Waals surface area contributed by atoms with Crippen molar-refractivity contribution in [2.75, 3.05) is 13.3 Å². The van der Waals surface area contributed by atoms with E-state index in [-0.39, 0.29) is 0 Å². The van der Waals surface area contributed by atoms with Crippen molar-refractivity contribution in [1.29, 1.82) is 0 Å². The molecule has 1 nitrogen and oxygen atoms in total. The number of aromatic amines is 1. The molecule has 0 aliphatic rings. The standard InChI is InChI=1S/C8H7N.C2H7P/c1-2-4-8-7(3-1)5-6-9-8;1-3-2/h1-6,9H;3H,1-2H3. The Bertz CT molecular complexity index is 297. The van der Waals surface area contributed by atoms with Crippen molar-refractivity contribution in [2.24, 2.45) is 0 Å². The Hall–Kier alpha value is -0.810. The molecule has 0 atom stereocenters. The first-order valence-corrected chi connectivity index (χ1v) is 5.99. The number of aromatic nitrogens is 1. The lowest BCUT2D eigenvalue weighted by molar-refractivity contribution is 1.48. The van der Waals surface area contributed by atoms with Gasteiger partial charge in [0.15, 0.2) is 0 Å². The lowest BCUT2D eigenvalue weighted by Crippen LogP contribution is -1.61. The van der Waals surface area contributed by atoms with E-state index in [1.165, 1.54) is 10.9 Å². The first-order chi connectivity index (χ1) is 5.88. The number of rotatable bonds is 0. The van der Waals surface area contributed by atoms with Crippen molar-refractivity contribution in [2.45, 2.75) is 0 Å². The lowest BCUT2D eigenvalue weighted by atomic mass is 10.3. The van der Waals surface area contributed by atoms with Gasteiger partial charge in [0.1, 0.15) is 0 Å². The fourth-order valence-corrected chi connectivity index (χ4v) is 0.995. The molecule has 0 radical (unpaired) electrons. The van der Waals surface area contributed by atoms with Crippen molar-refractivity contribution < 1.29 is 0 Å². The van der Waals surface area contributed by atoms with Crippen LogP contribution in [0.15, 0.2) is 36.5 Å². The van der Waals surface area contributed by atoms with Crippen molar-refractivity contribution in [3.63, 3.8) is 0 Å². The zero-order valence-electron chi connectivity index (χ0n) is 7.46. The fraction of sp³-hybridized carbons (Fsp3) is 0.200. The molecule has 0 saturated carbocycles. The van der Waals surface area contributed by atoms with Gasteiger partial charge in [-0.1, -0.05) is 18.2 Å². The summed E-state index contributed by atoms with van der Waals surface area (Å²) in [4.78, 5) is 3.12. The van der Waals surface area contributed by atoms with E-state index >= 15 is 0 Å². The predicted octanol–water partition coefficient (Wildman–Crippen LogP) is 3.09. The first kappa shape index (κ1) is 9.28. The summed E-state index contributed by atoms with van der Waals surface area (Å²) in [5, 5.41) is 1.28. The van der Waals surface area contributed by atoms with Crippen LogP contribution in [0.5, 0.6) is 0 Å². The van der Waals surface area contributed by atoms with E-state index in [0.717, 1.165) is 8.58 Å². The molecule has 0 unspecified atom stereocenters. The second-order valence-corrected chi connectivity index (χ2v) is 3.56. The van der Waals surface area contributed by atoms with Gasteiger partial charge >= 0.3 is 0 Å². The highest BCUT2D eigenvalue weighted by Gasteiger charge is 1.86. The summed E-state index contributed by atoms with van der Waals surface area (Å²) in [5.74, 6) is 0. The Kier molecular flexibility index (Phi) is 3.83. The topological polar surface area (TPSA) is 15.8 Å². The van der Waals surface area contributed by atoms with E-state index in [0.29, 0.717) is 0 Å². The molecular weight excluding hydrogens is 165 g/mol. The molecule has 0 aliphatic carbocycles. The molecule has 0 bridgehead atoms. The zero-order valence-corrected chi connectivity index (χ0v) is 8.46. The molecule has 1 N–H and O–H groups in total. The van der Waals surface area contributed by atoms with Gasteiger partial charge in [0, 0.05) is 11.7 Å². The van der Waals surface area contributed by atoms with Gasteiger partial charge in [-0.25, -0.2) is 0 Å². The maximum atomic E-state index is 3.12. The summed E-state index contributed by atoms with van der Waals surface area (Å²) in [6.07, 6.45) is 1.95. The van der Waals surface area contributed by atoms with Crippen LogP contribution in [0.2, 0.25) is 0 Å². The predicted molar refractivity (Wildman–Crippen MR) is 58.5 cm³/mol. The maximum Gasteiger partial charge on any atom is 0.0453 e. The molecule has 12 heavy (non-hydrogen) atoms.